The first-order valence-electron chi connectivity index (χ1n) is 5.51. The molecule has 0 saturated carbocycles. The van der Waals surface area contributed by atoms with Crippen molar-refractivity contribution in [2.45, 2.75) is 18.9 Å². The van der Waals surface area contributed by atoms with E-state index in [1.165, 1.54) is 12.2 Å². The minimum Gasteiger partial charge on any atom is -0.348 e. The van der Waals surface area contributed by atoms with Crippen LogP contribution in [0.2, 0.25) is 5.02 Å². The van der Waals surface area contributed by atoms with Crippen molar-refractivity contribution in [2.24, 2.45) is 0 Å². The van der Waals surface area contributed by atoms with E-state index in [0.29, 0.717) is 10.6 Å². The second-order valence-corrected chi connectivity index (χ2v) is 6.37. The number of hydrogen-bond donors (Lipinski definition) is 1. The third-order valence-corrected chi connectivity index (χ3v) is 5.20. The van der Waals surface area contributed by atoms with E-state index in [0.717, 1.165) is 16.6 Å². The Morgan fingerprint density at radius 1 is 1.53 bits per heavy atom. The Kier molecular flexibility index (Phi) is 4.77. The first-order chi connectivity index (χ1) is 8.18. The number of amides is 1. The zero-order chi connectivity index (χ0) is 12.3. The van der Waals surface area contributed by atoms with Crippen LogP contribution in [0, 0.1) is 0 Å². The smallest absolute Gasteiger partial charge is 0.253 e. The molecule has 17 heavy (non-hydrogen) atoms. The summed E-state index contributed by atoms with van der Waals surface area (Å²) in [5.41, 5.74) is 0.539. The van der Waals surface area contributed by atoms with Gasteiger partial charge in [-0.05, 0) is 46.7 Å². The van der Waals surface area contributed by atoms with Crippen LogP contribution >= 0.6 is 39.3 Å². The number of benzene rings is 1. The van der Waals surface area contributed by atoms with Crippen molar-refractivity contribution < 1.29 is 4.79 Å². The number of nitrogens with one attached hydrogen (secondary N) is 1. The Morgan fingerprint density at radius 3 is 3.06 bits per heavy atom. The van der Waals surface area contributed by atoms with Gasteiger partial charge in [0, 0.05) is 16.3 Å². The minimum atomic E-state index is -0.0798. The van der Waals surface area contributed by atoms with Gasteiger partial charge in [-0.25, -0.2) is 0 Å². The van der Waals surface area contributed by atoms with Gasteiger partial charge in [-0.3, -0.25) is 4.79 Å². The average molecular weight is 335 g/mol. The van der Waals surface area contributed by atoms with E-state index in [1.807, 2.05) is 23.9 Å². The van der Waals surface area contributed by atoms with Gasteiger partial charge in [0.05, 0.1) is 10.6 Å². The molecule has 0 aromatic heterocycles. The normalized spacial score (nSPS) is 20.0. The Labute approximate surface area is 119 Å². The molecule has 1 aliphatic heterocycles. The quantitative estimate of drug-likeness (QED) is 0.893. The molecule has 5 heteroatoms. The molecule has 1 N–H and O–H groups in total. The van der Waals surface area contributed by atoms with E-state index >= 15 is 0 Å². The summed E-state index contributed by atoms with van der Waals surface area (Å²) in [4.78, 5) is 12.1. The number of halogens is 2. The largest absolute Gasteiger partial charge is 0.348 e. The van der Waals surface area contributed by atoms with E-state index in [9.17, 15) is 4.79 Å². The lowest BCUT2D eigenvalue weighted by atomic mass is 10.1. The molecule has 1 aromatic rings. The summed E-state index contributed by atoms with van der Waals surface area (Å²) in [5.74, 6) is 2.12. The first kappa shape index (κ1) is 13.2. The molecule has 1 saturated heterocycles. The fourth-order valence-electron chi connectivity index (χ4n) is 1.80. The fourth-order valence-corrected chi connectivity index (χ4v) is 3.45. The third kappa shape index (κ3) is 3.39. The summed E-state index contributed by atoms with van der Waals surface area (Å²) in [6, 6.07) is 5.67. The van der Waals surface area contributed by atoms with Gasteiger partial charge in [0.15, 0.2) is 0 Å². The van der Waals surface area contributed by atoms with E-state index in [2.05, 4.69) is 21.2 Å². The Balaban J connectivity index is 2.06. The van der Waals surface area contributed by atoms with Gasteiger partial charge in [-0.1, -0.05) is 17.7 Å². The van der Waals surface area contributed by atoms with Crippen LogP contribution in [0.4, 0.5) is 0 Å². The molecule has 0 aliphatic carbocycles. The van der Waals surface area contributed by atoms with Gasteiger partial charge in [0.2, 0.25) is 0 Å². The number of thioether (sulfide) groups is 1. The summed E-state index contributed by atoms with van der Waals surface area (Å²) in [6.07, 6.45) is 2.23. The number of hydrogen-bond acceptors (Lipinski definition) is 2. The highest BCUT2D eigenvalue weighted by Gasteiger charge is 2.18. The molecule has 1 aliphatic rings. The lowest BCUT2D eigenvalue weighted by Crippen LogP contribution is -2.38. The topological polar surface area (TPSA) is 29.1 Å². The Hall–Kier alpha value is -0.190. The molecule has 0 radical (unpaired) electrons. The van der Waals surface area contributed by atoms with Crippen LogP contribution < -0.4 is 5.32 Å². The van der Waals surface area contributed by atoms with Crippen LogP contribution in [0.1, 0.15) is 23.2 Å². The van der Waals surface area contributed by atoms with Crippen LogP contribution in [-0.4, -0.2) is 23.5 Å². The summed E-state index contributed by atoms with van der Waals surface area (Å²) in [7, 11) is 0. The summed E-state index contributed by atoms with van der Waals surface area (Å²) >= 11 is 11.3. The highest BCUT2D eigenvalue weighted by molar-refractivity contribution is 9.10. The molecular weight excluding hydrogens is 322 g/mol. The summed E-state index contributed by atoms with van der Waals surface area (Å²) in [6.45, 7) is 0. The molecule has 1 fully saturated rings. The van der Waals surface area contributed by atoms with Crippen molar-refractivity contribution in [2.75, 3.05) is 11.5 Å². The predicted octanol–water partition coefficient (Wildman–Crippen LogP) is 3.73. The van der Waals surface area contributed by atoms with E-state index < -0.39 is 0 Å². The summed E-state index contributed by atoms with van der Waals surface area (Å²) in [5, 5.41) is 3.52. The number of carbonyl (C=O) groups is 1. The average Bonchev–Trinajstić information content (AvgIpc) is 2.34. The van der Waals surface area contributed by atoms with Gasteiger partial charge >= 0.3 is 0 Å². The molecule has 92 valence electrons. The second-order valence-electron chi connectivity index (χ2n) is 3.99. The molecule has 1 atom stereocenters. The molecule has 0 bridgehead atoms. The number of rotatable bonds is 2. The van der Waals surface area contributed by atoms with E-state index in [-0.39, 0.29) is 11.9 Å². The van der Waals surface area contributed by atoms with Crippen molar-refractivity contribution in [1.82, 2.24) is 5.32 Å². The first-order valence-corrected chi connectivity index (χ1v) is 7.83. The van der Waals surface area contributed by atoms with E-state index in [4.69, 9.17) is 11.6 Å². The van der Waals surface area contributed by atoms with Crippen LogP contribution in [0.5, 0.6) is 0 Å². The maximum atomic E-state index is 12.1. The standard InChI is InChI=1S/C12H13BrClNOS/c13-10-5-1-4-9(11(10)14)12(16)15-8-3-2-6-17-7-8/h1,4-5,8H,2-3,6-7H2,(H,15,16). The molecule has 1 amide bonds. The van der Waals surface area contributed by atoms with Crippen molar-refractivity contribution in [1.29, 1.82) is 0 Å². The molecule has 1 aromatic carbocycles. The van der Waals surface area contributed by atoms with Crippen molar-refractivity contribution in [3.63, 3.8) is 0 Å². The van der Waals surface area contributed by atoms with Crippen molar-refractivity contribution in [3.05, 3.63) is 33.3 Å². The van der Waals surface area contributed by atoms with Crippen LogP contribution in [0.25, 0.3) is 0 Å². The zero-order valence-electron chi connectivity index (χ0n) is 9.21. The molecule has 1 unspecified atom stereocenters. The van der Waals surface area contributed by atoms with Crippen LogP contribution in [0.15, 0.2) is 22.7 Å². The third-order valence-electron chi connectivity index (χ3n) is 2.69. The molecular formula is C12H13BrClNOS. The van der Waals surface area contributed by atoms with Crippen LogP contribution in [-0.2, 0) is 0 Å². The van der Waals surface area contributed by atoms with Gasteiger partial charge in [-0.15, -0.1) is 0 Å². The monoisotopic (exact) mass is 333 g/mol. The van der Waals surface area contributed by atoms with Crippen molar-refractivity contribution >= 4 is 45.2 Å². The van der Waals surface area contributed by atoms with Gasteiger partial charge in [0.1, 0.15) is 0 Å². The molecule has 2 rings (SSSR count). The van der Waals surface area contributed by atoms with Gasteiger partial charge in [0.25, 0.3) is 5.91 Å². The molecule has 2 nitrogen and oxygen atoms in total. The van der Waals surface area contributed by atoms with Crippen LogP contribution in [0.3, 0.4) is 0 Å². The molecule has 1 heterocycles. The van der Waals surface area contributed by atoms with Crippen molar-refractivity contribution in [3.8, 4) is 0 Å². The maximum Gasteiger partial charge on any atom is 0.253 e. The zero-order valence-corrected chi connectivity index (χ0v) is 12.4. The van der Waals surface area contributed by atoms with Gasteiger partial charge in [-0.2, -0.15) is 11.8 Å². The second kappa shape index (κ2) is 6.12. The van der Waals surface area contributed by atoms with Gasteiger partial charge < -0.3 is 5.32 Å². The van der Waals surface area contributed by atoms with E-state index in [1.54, 1.807) is 6.07 Å². The molecule has 0 spiro atoms. The maximum absolute atomic E-state index is 12.1. The SMILES string of the molecule is O=C(NC1CCCSC1)c1cccc(Br)c1Cl. The highest BCUT2D eigenvalue weighted by Crippen LogP contribution is 2.26. The Bertz CT molecular complexity index is 421. The Morgan fingerprint density at radius 2 is 2.35 bits per heavy atom. The lowest BCUT2D eigenvalue weighted by molar-refractivity contribution is 0.0938. The fraction of sp³-hybridized carbons (Fsp3) is 0.417. The number of carbonyl (C=O) groups excluding carboxylic acids is 1. The predicted molar refractivity (Wildman–Crippen MR) is 77.0 cm³/mol. The minimum absolute atomic E-state index is 0.0798. The highest BCUT2D eigenvalue weighted by atomic mass is 79.9. The lowest BCUT2D eigenvalue weighted by Gasteiger charge is -2.22. The summed E-state index contributed by atoms with van der Waals surface area (Å²) < 4.78 is 0.754.